The van der Waals surface area contributed by atoms with Crippen molar-refractivity contribution in [3.05, 3.63) is 112 Å². The Kier molecular flexibility index (Phi) is 8.87. The van der Waals surface area contributed by atoms with Gasteiger partial charge in [0, 0.05) is 48.8 Å². The molecule has 0 bridgehead atoms. The fraction of sp³-hybridized carbons (Fsp3) is 0.194. The smallest absolute Gasteiger partial charge is 0.336 e. The van der Waals surface area contributed by atoms with Gasteiger partial charge in [0.1, 0.15) is 37.5 Å². The van der Waals surface area contributed by atoms with Gasteiger partial charge >= 0.3 is 5.63 Å². The van der Waals surface area contributed by atoms with Crippen LogP contribution in [0.25, 0.3) is 33.0 Å². The van der Waals surface area contributed by atoms with Crippen molar-refractivity contribution in [2.45, 2.75) is 13.2 Å². The number of hydrogen-bond acceptors (Lipinski definition) is 10. The summed E-state index contributed by atoms with van der Waals surface area (Å²) in [6.07, 6.45) is 1.47. The Morgan fingerprint density at radius 3 is 2.68 bits per heavy atom. The van der Waals surface area contributed by atoms with E-state index in [9.17, 15) is 4.79 Å². The number of hydrogen-bond donors (Lipinski definition) is 1. The summed E-state index contributed by atoms with van der Waals surface area (Å²) in [5.41, 5.74) is 4.28. The monoisotopic (exact) mass is 651 g/mol. The predicted molar refractivity (Wildman–Crippen MR) is 178 cm³/mol. The molecule has 0 saturated heterocycles. The molecule has 7 rings (SSSR count). The van der Waals surface area contributed by atoms with Crippen LogP contribution in [0.1, 0.15) is 11.1 Å². The van der Waals surface area contributed by atoms with Crippen LogP contribution in [-0.4, -0.2) is 43.4 Å². The Hall–Kier alpha value is -5.16. The molecule has 0 spiro atoms. The van der Waals surface area contributed by atoms with Crippen LogP contribution in [-0.2, 0) is 17.9 Å². The highest BCUT2D eigenvalue weighted by molar-refractivity contribution is 6.32. The molecule has 0 atom stereocenters. The van der Waals surface area contributed by atoms with Crippen LogP contribution in [0.5, 0.6) is 28.9 Å². The maximum atomic E-state index is 11.8. The third-order valence-electron chi connectivity index (χ3n) is 7.68. The first-order valence-corrected chi connectivity index (χ1v) is 15.4. The molecule has 0 aliphatic carbocycles. The summed E-state index contributed by atoms with van der Waals surface area (Å²) < 4.78 is 34.7. The molecule has 4 aromatic carbocycles. The molecule has 47 heavy (non-hydrogen) atoms. The molecular formula is C36H30ClN3O7. The minimum atomic E-state index is -0.407. The van der Waals surface area contributed by atoms with Gasteiger partial charge in [-0.05, 0) is 47.5 Å². The lowest BCUT2D eigenvalue weighted by molar-refractivity contribution is 0.171. The van der Waals surface area contributed by atoms with Crippen molar-refractivity contribution in [1.29, 1.82) is 0 Å². The Morgan fingerprint density at radius 2 is 1.79 bits per heavy atom. The molecular weight excluding hydrogens is 622 g/mol. The normalized spacial score (nSPS) is 12.4. The Bertz CT molecular complexity index is 2140. The summed E-state index contributed by atoms with van der Waals surface area (Å²) in [6, 6.07) is 24.0. The van der Waals surface area contributed by atoms with Gasteiger partial charge in [-0.2, -0.15) is 0 Å². The van der Waals surface area contributed by atoms with Crippen molar-refractivity contribution in [3.8, 4) is 40.0 Å². The van der Waals surface area contributed by atoms with E-state index in [1.165, 1.54) is 12.4 Å². The fourth-order valence-corrected chi connectivity index (χ4v) is 5.60. The first kappa shape index (κ1) is 30.5. The van der Waals surface area contributed by atoms with E-state index in [0.717, 1.165) is 33.4 Å². The van der Waals surface area contributed by atoms with E-state index < -0.39 is 5.63 Å². The molecule has 238 valence electrons. The molecule has 0 radical (unpaired) electrons. The maximum absolute atomic E-state index is 11.8. The van der Waals surface area contributed by atoms with Crippen molar-refractivity contribution in [2.24, 2.45) is 0 Å². The first-order valence-electron chi connectivity index (χ1n) is 15.0. The minimum absolute atomic E-state index is 0.218. The topological polar surface area (TPSA) is 114 Å². The average Bonchev–Trinajstić information content (AvgIpc) is 3.10. The van der Waals surface area contributed by atoms with E-state index in [2.05, 4.69) is 15.3 Å². The highest BCUT2D eigenvalue weighted by Crippen LogP contribution is 2.40. The van der Waals surface area contributed by atoms with Crippen LogP contribution >= 0.6 is 11.6 Å². The zero-order chi connectivity index (χ0) is 32.2. The Morgan fingerprint density at radius 1 is 0.915 bits per heavy atom. The van der Waals surface area contributed by atoms with Crippen LogP contribution in [0.3, 0.4) is 0 Å². The van der Waals surface area contributed by atoms with E-state index in [-0.39, 0.29) is 6.61 Å². The second-order valence-electron chi connectivity index (χ2n) is 10.8. The second-order valence-corrected chi connectivity index (χ2v) is 11.2. The number of fused-ring (bicyclic) bond motifs is 3. The summed E-state index contributed by atoms with van der Waals surface area (Å²) in [4.78, 5) is 20.8. The Balaban J connectivity index is 1.20. The molecule has 3 heterocycles. The first-order chi connectivity index (χ1) is 23.1. The number of benzene rings is 4. The lowest BCUT2D eigenvalue weighted by Gasteiger charge is -2.19. The highest BCUT2D eigenvalue weighted by atomic mass is 35.5. The lowest BCUT2D eigenvalue weighted by atomic mass is 10.0. The molecule has 1 N–H and O–H groups in total. The molecule has 0 fully saturated rings. The van der Waals surface area contributed by atoms with Crippen molar-refractivity contribution >= 4 is 33.5 Å². The standard InChI is InChI=1S/C36H30ClN3O7/c1-42-12-11-38-19-25-16-28(37)32(18-30(25)45-20-22-5-6-23-8-10-34(41)46-31(23)15-22)47-36-27-4-2-3-26(35(27)39-21-40-36)24-7-9-29-33(17-24)44-14-13-43-29/h2-10,15-18,21,38H,11-14,19-20H2,1H3. The molecule has 0 saturated carbocycles. The van der Waals surface area contributed by atoms with Gasteiger partial charge < -0.3 is 33.4 Å². The van der Waals surface area contributed by atoms with E-state index in [0.29, 0.717) is 77.5 Å². The van der Waals surface area contributed by atoms with Gasteiger partial charge in [-0.3, -0.25) is 0 Å². The van der Waals surface area contributed by atoms with Gasteiger partial charge in [-0.15, -0.1) is 0 Å². The van der Waals surface area contributed by atoms with E-state index in [1.54, 1.807) is 25.3 Å². The fourth-order valence-electron chi connectivity index (χ4n) is 5.37. The summed E-state index contributed by atoms with van der Waals surface area (Å²) in [5, 5.41) is 5.27. The number of halogens is 1. The van der Waals surface area contributed by atoms with Crippen LogP contribution in [0.2, 0.25) is 5.02 Å². The largest absolute Gasteiger partial charge is 0.488 e. The van der Waals surface area contributed by atoms with Gasteiger partial charge in [0.25, 0.3) is 0 Å². The molecule has 1 aliphatic heterocycles. The molecule has 0 unspecified atom stereocenters. The van der Waals surface area contributed by atoms with Gasteiger partial charge in [-0.25, -0.2) is 14.8 Å². The van der Waals surface area contributed by atoms with Crippen LogP contribution < -0.4 is 29.9 Å². The zero-order valence-electron chi connectivity index (χ0n) is 25.5. The van der Waals surface area contributed by atoms with E-state index in [1.807, 2.05) is 54.6 Å². The van der Waals surface area contributed by atoms with Crippen molar-refractivity contribution in [2.75, 3.05) is 33.5 Å². The van der Waals surface area contributed by atoms with Crippen LogP contribution in [0, 0.1) is 0 Å². The molecule has 2 aromatic heterocycles. The van der Waals surface area contributed by atoms with Gasteiger partial charge in [0.05, 0.1) is 22.5 Å². The summed E-state index contributed by atoms with van der Waals surface area (Å²) in [6.45, 7) is 2.94. The number of para-hydroxylation sites is 1. The molecule has 1 aliphatic rings. The quantitative estimate of drug-likeness (QED) is 0.117. The highest BCUT2D eigenvalue weighted by Gasteiger charge is 2.18. The van der Waals surface area contributed by atoms with E-state index >= 15 is 0 Å². The number of nitrogens with one attached hydrogen (secondary N) is 1. The SMILES string of the molecule is COCCNCc1cc(Cl)c(Oc2ncnc3c(-c4ccc5c(c4)OCCO5)cccc23)cc1OCc1ccc2ccc(=O)oc2c1. The summed E-state index contributed by atoms with van der Waals surface area (Å²) in [5.74, 6) is 2.70. The third-order valence-corrected chi connectivity index (χ3v) is 7.98. The van der Waals surface area contributed by atoms with Crippen LogP contribution in [0.15, 0.2) is 94.4 Å². The lowest BCUT2D eigenvalue weighted by Crippen LogP contribution is -2.19. The number of nitrogens with zero attached hydrogens (tertiary/aromatic N) is 2. The van der Waals surface area contributed by atoms with Crippen LogP contribution in [0.4, 0.5) is 0 Å². The molecule has 11 heteroatoms. The second kappa shape index (κ2) is 13.7. The van der Waals surface area contributed by atoms with Gasteiger partial charge in [0.2, 0.25) is 5.88 Å². The number of ether oxygens (including phenoxy) is 5. The number of aromatic nitrogens is 2. The average molecular weight is 652 g/mol. The Labute approximate surface area is 274 Å². The van der Waals surface area contributed by atoms with Gasteiger partial charge in [-0.1, -0.05) is 41.9 Å². The minimum Gasteiger partial charge on any atom is -0.488 e. The maximum Gasteiger partial charge on any atom is 0.336 e. The number of methoxy groups -OCH3 is 1. The van der Waals surface area contributed by atoms with Crippen molar-refractivity contribution in [3.63, 3.8) is 0 Å². The molecule has 10 nitrogen and oxygen atoms in total. The van der Waals surface area contributed by atoms with E-state index in [4.69, 9.17) is 39.7 Å². The molecule has 0 amide bonds. The third kappa shape index (κ3) is 6.71. The van der Waals surface area contributed by atoms with Crippen molar-refractivity contribution in [1.82, 2.24) is 15.3 Å². The molecule has 6 aromatic rings. The predicted octanol–water partition coefficient (Wildman–Crippen LogP) is 6.94. The summed E-state index contributed by atoms with van der Waals surface area (Å²) >= 11 is 6.79. The van der Waals surface area contributed by atoms with Gasteiger partial charge in [0.15, 0.2) is 17.2 Å². The summed E-state index contributed by atoms with van der Waals surface area (Å²) in [7, 11) is 1.65. The number of rotatable bonds is 11. The van der Waals surface area contributed by atoms with Crippen molar-refractivity contribution < 1.29 is 28.1 Å². The zero-order valence-corrected chi connectivity index (χ0v) is 26.2.